The number of hydrogen-bond donors (Lipinski definition) is 0. The van der Waals surface area contributed by atoms with Crippen molar-refractivity contribution in [1.82, 2.24) is 14.9 Å². The van der Waals surface area contributed by atoms with Crippen molar-refractivity contribution < 1.29 is 19.2 Å². The van der Waals surface area contributed by atoms with Crippen LogP contribution in [0.25, 0.3) is 0 Å². The van der Waals surface area contributed by atoms with E-state index in [4.69, 9.17) is 9.57 Å². The smallest absolute Gasteiger partial charge is 0.263 e. The Balaban J connectivity index is 1.41. The second-order valence-corrected chi connectivity index (χ2v) is 12.0. The number of benzene rings is 1. The number of fused-ring (bicyclic) bond motifs is 2. The minimum absolute atomic E-state index is 0.0878. The van der Waals surface area contributed by atoms with Crippen LogP contribution in [0.15, 0.2) is 24.3 Å². The standard InChI is InChI=1S/C29H43N3O4/c1-6-7-8-9-10-13-18-36-32-27(2,3)23-24(28(32,4)5)29(23,30-16-19-35-20-17-30)31-25(33)21-14-11-12-15-22(21)26(31)34/h11-12,14-15,23-24H,6-10,13,16-20H2,1-5H3. The molecule has 2 saturated heterocycles. The number of amides is 2. The molecular weight excluding hydrogens is 454 g/mol. The molecule has 3 heterocycles. The van der Waals surface area contributed by atoms with Gasteiger partial charge in [-0.2, -0.15) is 5.06 Å². The average Bonchev–Trinajstić information content (AvgIpc) is 3.47. The van der Waals surface area contributed by atoms with Crippen LogP contribution in [0.3, 0.4) is 0 Å². The van der Waals surface area contributed by atoms with E-state index in [9.17, 15) is 9.59 Å². The van der Waals surface area contributed by atoms with Gasteiger partial charge in [-0.15, -0.1) is 0 Å². The number of carbonyl (C=O) groups is 2. The number of hydroxylamine groups is 2. The summed E-state index contributed by atoms with van der Waals surface area (Å²) in [6.45, 7) is 14.5. The van der Waals surface area contributed by atoms with Crippen LogP contribution in [0.5, 0.6) is 0 Å². The SMILES string of the molecule is CCCCCCCCON1C(C)(C)C2C(C1(C)C)C2(N1CCOCC1)N1C(=O)c2ccccc2C1=O. The third-order valence-corrected chi connectivity index (χ3v) is 9.10. The first-order valence-electron chi connectivity index (χ1n) is 14.0. The minimum atomic E-state index is -0.663. The van der Waals surface area contributed by atoms with E-state index in [-0.39, 0.29) is 34.7 Å². The van der Waals surface area contributed by atoms with Crippen LogP contribution >= 0.6 is 0 Å². The Hall–Kier alpha value is -1.80. The molecule has 7 heteroatoms. The molecular formula is C29H43N3O4. The number of nitrogens with zero attached hydrogens (tertiary/aromatic N) is 3. The Kier molecular flexibility index (Phi) is 6.82. The van der Waals surface area contributed by atoms with E-state index >= 15 is 0 Å². The molecule has 1 aliphatic carbocycles. The molecule has 1 saturated carbocycles. The molecule has 0 radical (unpaired) electrons. The van der Waals surface area contributed by atoms with Crippen LogP contribution in [0.1, 0.15) is 93.9 Å². The molecule has 36 heavy (non-hydrogen) atoms. The molecule has 2 unspecified atom stereocenters. The number of piperidine rings is 1. The molecule has 0 spiro atoms. The van der Waals surface area contributed by atoms with E-state index in [1.54, 1.807) is 17.0 Å². The predicted octanol–water partition coefficient (Wildman–Crippen LogP) is 4.72. The Morgan fingerprint density at radius 3 is 1.94 bits per heavy atom. The van der Waals surface area contributed by atoms with Crippen molar-refractivity contribution in [1.29, 1.82) is 0 Å². The monoisotopic (exact) mass is 497 g/mol. The molecule has 198 valence electrons. The number of morpholine rings is 1. The highest BCUT2D eigenvalue weighted by Crippen LogP contribution is 2.73. The summed E-state index contributed by atoms with van der Waals surface area (Å²) in [6, 6.07) is 7.25. The fourth-order valence-electron chi connectivity index (χ4n) is 7.83. The fraction of sp³-hybridized carbons (Fsp3) is 0.724. The summed E-state index contributed by atoms with van der Waals surface area (Å²) in [5, 5.41) is 2.19. The van der Waals surface area contributed by atoms with Crippen molar-refractivity contribution >= 4 is 11.8 Å². The van der Waals surface area contributed by atoms with Gasteiger partial charge in [0.15, 0.2) is 0 Å². The van der Waals surface area contributed by atoms with Crippen LogP contribution in [0, 0.1) is 11.8 Å². The topological polar surface area (TPSA) is 62.3 Å². The highest BCUT2D eigenvalue weighted by atomic mass is 16.7. The van der Waals surface area contributed by atoms with Crippen LogP contribution in [-0.4, -0.2) is 76.3 Å². The maximum Gasteiger partial charge on any atom is 0.263 e. The van der Waals surface area contributed by atoms with Crippen LogP contribution in [0.2, 0.25) is 0 Å². The van der Waals surface area contributed by atoms with Crippen molar-refractivity contribution in [3.8, 4) is 0 Å². The van der Waals surface area contributed by atoms with Crippen molar-refractivity contribution in [2.45, 2.75) is 89.9 Å². The first-order valence-corrected chi connectivity index (χ1v) is 14.0. The second-order valence-electron chi connectivity index (χ2n) is 12.0. The summed E-state index contributed by atoms with van der Waals surface area (Å²) in [5.74, 6) is -0.153. The van der Waals surface area contributed by atoms with E-state index in [1.807, 2.05) is 12.1 Å². The molecule has 0 N–H and O–H groups in total. The van der Waals surface area contributed by atoms with Crippen LogP contribution in [0.4, 0.5) is 0 Å². The summed E-state index contributed by atoms with van der Waals surface area (Å²) in [6.07, 6.45) is 7.35. The quantitative estimate of drug-likeness (QED) is 0.344. The van der Waals surface area contributed by atoms with Gasteiger partial charge in [-0.25, -0.2) is 0 Å². The summed E-state index contributed by atoms with van der Waals surface area (Å²) in [4.78, 5) is 38.1. The third-order valence-electron chi connectivity index (χ3n) is 9.10. The highest BCUT2D eigenvalue weighted by Gasteiger charge is 2.87. The zero-order valence-corrected chi connectivity index (χ0v) is 22.7. The van der Waals surface area contributed by atoms with Crippen LogP contribution in [-0.2, 0) is 9.57 Å². The van der Waals surface area contributed by atoms with Gasteiger partial charge in [0.1, 0.15) is 5.66 Å². The van der Waals surface area contributed by atoms with Crippen molar-refractivity contribution in [2.75, 3.05) is 32.9 Å². The van der Waals surface area contributed by atoms with E-state index in [2.05, 4.69) is 44.6 Å². The molecule has 0 aromatic heterocycles. The Morgan fingerprint density at radius 1 is 0.861 bits per heavy atom. The lowest BCUT2D eigenvalue weighted by molar-refractivity contribution is -0.266. The first-order chi connectivity index (χ1) is 17.2. The van der Waals surface area contributed by atoms with E-state index in [0.29, 0.717) is 44.0 Å². The van der Waals surface area contributed by atoms with Gasteiger partial charge >= 0.3 is 0 Å². The van der Waals surface area contributed by atoms with Gasteiger partial charge in [0, 0.05) is 36.0 Å². The second kappa shape index (κ2) is 9.50. The molecule has 2 amide bonds. The lowest BCUT2D eigenvalue weighted by Crippen LogP contribution is -2.66. The number of unbranched alkanes of at least 4 members (excludes halogenated alkanes) is 5. The lowest BCUT2D eigenvalue weighted by Gasteiger charge is -2.51. The van der Waals surface area contributed by atoms with Gasteiger partial charge < -0.3 is 4.74 Å². The Labute approximate surface area is 216 Å². The van der Waals surface area contributed by atoms with E-state index in [1.165, 1.54) is 32.1 Å². The molecule has 2 atom stereocenters. The zero-order valence-electron chi connectivity index (χ0n) is 22.7. The van der Waals surface area contributed by atoms with Gasteiger partial charge in [0.05, 0.1) is 30.9 Å². The summed E-state index contributed by atoms with van der Waals surface area (Å²) in [7, 11) is 0. The maximum atomic E-state index is 13.8. The first kappa shape index (κ1) is 25.8. The Morgan fingerprint density at radius 2 is 1.39 bits per heavy atom. The normalized spacial score (nSPS) is 31.1. The molecule has 3 fully saturated rings. The number of carbonyl (C=O) groups excluding carboxylic acids is 2. The summed E-state index contributed by atoms with van der Waals surface area (Å²) >= 11 is 0. The average molecular weight is 498 g/mol. The number of rotatable bonds is 10. The van der Waals surface area contributed by atoms with Gasteiger partial charge in [0.2, 0.25) is 0 Å². The third kappa shape index (κ3) is 3.69. The van der Waals surface area contributed by atoms with Crippen molar-refractivity contribution in [3.63, 3.8) is 0 Å². The highest BCUT2D eigenvalue weighted by molar-refractivity contribution is 6.22. The van der Waals surface area contributed by atoms with E-state index in [0.717, 1.165) is 6.42 Å². The molecule has 3 aliphatic heterocycles. The molecule has 1 aromatic carbocycles. The summed E-state index contributed by atoms with van der Waals surface area (Å²) < 4.78 is 5.68. The van der Waals surface area contributed by atoms with Crippen molar-refractivity contribution in [3.05, 3.63) is 35.4 Å². The number of ether oxygens (including phenoxy) is 1. The number of imide groups is 1. The van der Waals surface area contributed by atoms with Gasteiger partial charge in [-0.3, -0.25) is 24.2 Å². The number of hydrogen-bond acceptors (Lipinski definition) is 6. The summed E-state index contributed by atoms with van der Waals surface area (Å²) in [5.41, 5.74) is -0.309. The van der Waals surface area contributed by atoms with E-state index < -0.39 is 5.66 Å². The van der Waals surface area contributed by atoms with Crippen LogP contribution < -0.4 is 0 Å². The van der Waals surface area contributed by atoms with Gasteiger partial charge in [-0.05, 0) is 46.2 Å². The van der Waals surface area contributed by atoms with Gasteiger partial charge in [0.25, 0.3) is 11.8 Å². The largest absolute Gasteiger partial charge is 0.379 e. The zero-order chi connectivity index (χ0) is 25.7. The maximum absolute atomic E-state index is 13.8. The predicted molar refractivity (Wildman–Crippen MR) is 138 cm³/mol. The molecule has 4 aliphatic rings. The Bertz CT molecular complexity index is 943. The molecule has 7 nitrogen and oxygen atoms in total. The molecule has 5 rings (SSSR count). The fourth-order valence-corrected chi connectivity index (χ4v) is 7.83. The molecule has 0 bridgehead atoms. The minimum Gasteiger partial charge on any atom is -0.379 e. The lowest BCUT2D eigenvalue weighted by atomic mass is 9.93. The van der Waals surface area contributed by atoms with Crippen molar-refractivity contribution in [2.24, 2.45) is 11.8 Å². The van der Waals surface area contributed by atoms with Gasteiger partial charge in [-0.1, -0.05) is 51.2 Å². The molecule has 1 aromatic rings.